The first-order valence-electron chi connectivity index (χ1n) is 1.55. The Morgan fingerprint density at radius 1 is 1.71 bits per heavy atom. The van der Waals surface area contributed by atoms with Crippen molar-refractivity contribution < 1.29 is 8.42 Å². The molecule has 0 rings (SSSR count). The molecule has 0 aliphatic carbocycles. The lowest BCUT2D eigenvalue weighted by Gasteiger charge is -1.55. The van der Waals surface area contributed by atoms with E-state index in [1.165, 1.54) is 0 Å². The lowest BCUT2D eigenvalue weighted by Crippen LogP contribution is -1.68. The lowest BCUT2D eigenvalue weighted by molar-refractivity contribution is 0.627. The van der Waals surface area contributed by atoms with Crippen LogP contribution in [0, 0.1) is 11.3 Å². The Hall–Kier alpha value is -0.820. The summed E-state index contributed by atoms with van der Waals surface area (Å²) in [6.07, 6.45) is -0.0316. The molecule has 0 spiro atoms. The van der Waals surface area contributed by atoms with Crippen molar-refractivity contribution in [3.8, 4) is 6.07 Å². The van der Waals surface area contributed by atoms with Gasteiger partial charge in [-0.3, -0.25) is 0 Å². The molecule has 0 aromatic rings. The summed E-state index contributed by atoms with van der Waals surface area (Å²) in [5, 5.41) is 8.66. The first-order chi connectivity index (χ1) is 3.27. The van der Waals surface area contributed by atoms with Gasteiger partial charge in [0, 0.05) is 5.37 Å². The highest BCUT2D eigenvalue weighted by molar-refractivity contribution is 7.71. The standard InChI is InChI=1S/C3H3NO2S/c4-2-1-3-7(5)6/h3H,1H2. The molecule has 0 aromatic carbocycles. The molecule has 0 heterocycles. The summed E-state index contributed by atoms with van der Waals surface area (Å²) in [5.41, 5.74) is 0. The molecule has 0 unspecified atom stereocenters. The predicted molar refractivity (Wildman–Crippen MR) is 25.2 cm³/mol. The maximum atomic E-state index is 9.55. The molecule has 0 saturated carbocycles. The van der Waals surface area contributed by atoms with E-state index in [0.717, 1.165) is 5.37 Å². The van der Waals surface area contributed by atoms with E-state index in [1.807, 2.05) is 0 Å². The van der Waals surface area contributed by atoms with Crippen molar-refractivity contribution in [3.05, 3.63) is 0 Å². The van der Waals surface area contributed by atoms with Crippen LogP contribution in [0.4, 0.5) is 0 Å². The van der Waals surface area contributed by atoms with E-state index in [2.05, 4.69) is 0 Å². The average molecular weight is 117 g/mol. The molecular weight excluding hydrogens is 114 g/mol. The van der Waals surface area contributed by atoms with Crippen molar-refractivity contribution in [2.24, 2.45) is 0 Å². The Kier molecular flexibility index (Phi) is 2.98. The zero-order valence-corrected chi connectivity index (χ0v) is 4.27. The van der Waals surface area contributed by atoms with Crippen LogP contribution in [0.5, 0.6) is 0 Å². The van der Waals surface area contributed by atoms with Crippen LogP contribution in [-0.2, 0) is 10.3 Å². The zero-order valence-electron chi connectivity index (χ0n) is 3.46. The highest BCUT2D eigenvalue weighted by atomic mass is 32.2. The third-order valence-electron chi connectivity index (χ3n) is 0.311. The fourth-order valence-electron chi connectivity index (χ4n) is 0.105. The van der Waals surface area contributed by atoms with Crippen molar-refractivity contribution in [2.75, 3.05) is 0 Å². The van der Waals surface area contributed by atoms with E-state index >= 15 is 0 Å². The fraction of sp³-hybridized carbons (Fsp3) is 0.333. The van der Waals surface area contributed by atoms with E-state index in [1.54, 1.807) is 6.07 Å². The van der Waals surface area contributed by atoms with E-state index in [-0.39, 0.29) is 6.42 Å². The highest BCUT2D eigenvalue weighted by Crippen LogP contribution is 1.59. The molecule has 3 nitrogen and oxygen atoms in total. The Morgan fingerprint density at radius 2 is 2.29 bits per heavy atom. The lowest BCUT2D eigenvalue weighted by atomic mass is 10.6. The molecule has 0 amide bonds. The second-order valence-corrected chi connectivity index (χ2v) is 1.64. The molecule has 38 valence electrons. The molecule has 0 bridgehead atoms. The predicted octanol–water partition coefficient (Wildman–Crippen LogP) is -0.419. The number of nitriles is 1. The maximum Gasteiger partial charge on any atom is 0.211 e. The number of hydrogen-bond donors (Lipinski definition) is 0. The van der Waals surface area contributed by atoms with Crippen LogP contribution in [0.3, 0.4) is 0 Å². The summed E-state index contributed by atoms with van der Waals surface area (Å²) in [6, 6.07) is 1.65. The normalized spacial score (nSPS) is 6.71. The molecule has 0 aromatic heterocycles. The third kappa shape index (κ3) is 5.18. The van der Waals surface area contributed by atoms with Gasteiger partial charge in [-0.25, -0.2) is 0 Å². The topological polar surface area (TPSA) is 57.9 Å². The van der Waals surface area contributed by atoms with E-state index in [0.29, 0.717) is 0 Å². The van der Waals surface area contributed by atoms with E-state index in [4.69, 9.17) is 5.26 Å². The fourth-order valence-corrected chi connectivity index (χ4v) is 0.316. The SMILES string of the molecule is N#CCC=S(=O)=O. The first-order valence-corrected chi connectivity index (χ1v) is 2.69. The second-order valence-electron chi connectivity index (χ2n) is 0.789. The summed E-state index contributed by atoms with van der Waals surface area (Å²) < 4.78 is 19.1. The molecular formula is C3H3NO2S. The third-order valence-corrected chi connectivity index (χ3v) is 0.750. The highest BCUT2D eigenvalue weighted by Gasteiger charge is 1.68. The molecule has 0 aliphatic rings. The smallest absolute Gasteiger partial charge is 0.198 e. The van der Waals surface area contributed by atoms with Crippen LogP contribution in [0.1, 0.15) is 6.42 Å². The molecule has 7 heavy (non-hydrogen) atoms. The van der Waals surface area contributed by atoms with Crippen molar-refractivity contribution in [1.82, 2.24) is 0 Å². The van der Waals surface area contributed by atoms with Gasteiger partial charge in [0.25, 0.3) is 0 Å². The van der Waals surface area contributed by atoms with Crippen LogP contribution >= 0.6 is 0 Å². The summed E-state index contributed by atoms with van der Waals surface area (Å²) in [5.74, 6) is 0. The Bertz CT molecular complexity index is 187. The minimum absolute atomic E-state index is 0.0316. The van der Waals surface area contributed by atoms with Crippen LogP contribution in [0.25, 0.3) is 0 Å². The van der Waals surface area contributed by atoms with Gasteiger partial charge in [0.05, 0.1) is 12.5 Å². The molecule has 0 fully saturated rings. The Labute approximate surface area is 42.7 Å². The van der Waals surface area contributed by atoms with Gasteiger partial charge in [-0.05, 0) is 0 Å². The molecule has 0 atom stereocenters. The van der Waals surface area contributed by atoms with Crippen molar-refractivity contribution in [3.63, 3.8) is 0 Å². The Balaban J connectivity index is 3.79. The number of nitrogens with zero attached hydrogens (tertiary/aromatic N) is 1. The summed E-state index contributed by atoms with van der Waals surface area (Å²) in [4.78, 5) is 0. The minimum Gasteiger partial charge on any atom is -0.198 e. The molecule has 0 aliphatic heterocycles. The minimum atomic E-state index is -2.16. The van der Waals surface area contributed by atoms with Crippen molar-refractivity contribution >= 4 is 15.7 Å². The molecule has 0 N–H and O–H groups in total. The van der Waals surface area contributed by atoms with Crippen molar-refractivity contribution in [2.45, 2.75) is 6.42 Å². The van der Waals surface area contributed by atoms with Gasteiger partial charge in [-0.1, -0.05) is 0 Å². The van der Waals surface area contributed by atoms with Gasteiger partial charge in [0.2, 0.25) is 10.3 Å². The maximum absolute atomic E-state index is 9.55. The van der Waals surface area contributed by atoms with Crippen LogP contribution in [-0.4, -0.2) is 13.8 Å². The zero-order chi connectivity index (χ0) is 5.70. The largest absolute Gasteiger partial charge is 0.211 e. The van der Waals surface area contributed by atoms with Crippen LogP contribution in [0.2, 0.25) is 0 Å². The molecule has 0 saturated heterocycles. The van der Waals surface area contributed by atoms with Crippen LogP contribution in [0.15, 0.2) is 0 Å². The summed E-state index contributed by atoms with van der Waals surface area (Å²) in [6.45, 7) is 0. The summed E-state index contributed by atoms with van der Waals surface area (Å²) >= 11 is 0. The number of rotatable bonds is 1. The average Bonchev–Trinajstić information content (AvgIpc) is 1.61. The van der Waals surface area contributed by atoms with Gasteiger partial charge < -0.3 is 0 Å². The van der Waals surface area contributed by atoms with Crippen molar-refractivity contribution in [1.29, 1.82) is 5.26 Å². The van der Waals surface area contributed by atoms with Gasteiger partial charge in [0.15, 0.2) is 0 Å². The quantitative estimate of drug-likeness (QED) is 0.438. The molecule has 0 radical (unpaired) electrons. The summed E-state index contributed by atoms with van der Waals surface area (Å²) in [7, 11) is -2.16. The van der Waals surface area contributed by atoms with Gasteiger partial charge >= 0.3 is 0 Å². The Morgan fingerprint density at radius 3 is 2.43 bits per heavy atom. The van der Waals surface area contributed by atoms with Crippen LogP contribution < -0.4 is 0 Å². The van der Waals surface area contributed by atoms with Gasteiger partial charge in [0.1, 0.15) is 0 Å². The number of hydrogen-bond acceptors (Lipinski definition) is 3. The first kappa shape index (κ1) is 6.18. The van der Waals surface area contributed by atoms with E-state index < -0.39 is 10.3 Å². The van der Waals surface area contributed by atoms with E-state index in [9.17, 15) is 8.42 Å². The van der Waals surface area contributed by atoms with Gasteiger partial charge in [-0.15, -0.1) is 0 Å². The second kappa shape index (κ2) is 3.37. The molecule has 4 heteroatoms. The monoisotopic (exact) mass is 117 g/mol. The van der Waals surface area contributed by atoms with Gasteiger partial charge in [-0.2, -0.15) is 13.7 Å².